The molecule has 3 nitrogen and oxygen atoms in total. The van der Waals surface area contributed by atoms with E-state index in [-0.39, 0.29) is 24.0 Å². The first-order chi connectivity index (χ1) is 9.10. The van der Waals surface area contributed by atoms with Crippen LogP contribution in [0.15, 0.2) is 18.2 Å². The third-order valence-electron chi connectivity index (χ3n) is 3.39. The highest BCUT2D eigenvalue weighted by Crippen LogP contribution is 2.15. The lowest BCUT2D eigenvalue weighted by atomic mass is 10.1. The molecule has 5 heteroatoms. The summed E-state index contributed by atoms with van der Waals surface area (Å²) in [6.07, 6.45) is 2.06. The number of hydrogen-bond donors (Lipinski definition) is 0. The predicted octanol–water partition coefficient (Wildman–Crippen LogP) is 2.26. The fraction of sp³-hybridized carbons (Fsp3) is 0.500. The molecule has 0 aromatic heterocycles. The van der Waals surface area contributed by atoms with Crippen LogP contribution in [-0.2, 0) is 4.74 Å². The van der Waals surface area contributed by atoms with Crippen LogP contribution in [0.2, 0.25) is 0 Å². The number of benzene rings is 1. The number of ether oxygens (including phenoxy) is 1. The van der Waals surface area contributed by atoms with Gasteiger partial charge in [-0.2, -0.15) is 0 Å². The molecule has 1 heterocycles. The zero-order valence-corrected chi connectivity index (χ0v) is 10.9. The minimum absolute atomic E-state index is 0.0547. The number of likely N-dealkylation sites (tertiary alicyclic amines) is 1. The number of Topliss-reactive ketones (excluding diaryl/α,β-unsaturated/α-hetero) is 1. The Morgan fingerprint density at radius 2 is 2.26 bits per heavy atom. The van der Waals surface area contributed by atoms with E-state index in [1.807, 2.05) is 4.90 Å². The number of nitrogens with zero attached hydrogens (tertiary/aromatic N) is 1. The van der Waals surface area contributed by atoms with Gasteiger partial charge in [-0.05, 0) is 31.5 Å². The molecule has 0 bridgehead atoms. The molecule has 2 rings (SSSR count). The number of carbonyl (C=O) groups is 1. The summed E-state index contributed by atoms with van der Waals surface area (Å²) < 4.78 is 31.6. The second-order valence-electron chi connectivity index (χ2n) is 4.78. The molecule has 1 atom stereocenters. The van der Waals surface area contributed by atoms with Crippen molar-refractivity contribution in [3.05, 3.63) is 35.4 Å². The van der Waals surface area contributed by atoms with Gasteiger partial charge in [0.1, 0.15) is 11.6 Å². The van der Waals surface area contributed by atoms with Gasteiger partial charge < -0.3 is 4.74 Å². The molecular formula is C14H17F2NO2. The smallest absolute Gasteiger partial charge is 0.179 e. The summed E-state index contributed by atoms with van der Waals surface area (Å²) in [5, 5.41) is 0. The van der Waals surface area contributed by atoms with Gasteiger partial charge in [0.15, 0.2) is 5.78 Å². The molecule has 0 spiro atoms. The zero-order valence-electron chi connectivity index (χ0n) is 10.9. The lowest BCUT2D eigenvalue weighted by Gasteiger charge is -2.31. The zero-order chi connectivity index (χ0) is 13.8. The number of ketones is 1. The van der Waals surface area contributed by atoms with Crippen molar-refractivity contribution in [2.75, 3.05) is 26.7 Å². The van der Waals surface area contributed by atoms with Crippen LogP contribution in [0.1, 0.15) is 23.2 Å². The molecule has 0 saturated carbocycles. The molecule has 1 saturated heterocycles. The second-order valence-corrected chi connectivity index (χ2v) is 4.78. The molecule has 1 aliphatic heterocycles. The fourth-order valence-corrected chi connectivity index (χ4v) is 2.35. The monoisotopic (exact) mass is 269 g/mol. The van der Waals surface area contributed by atoms with Gasteiger partial charge in [0, 0.05) is 19.7 Å². The molecule has 0 aliphatic carbocycles. The topological polar surface area (TPSA) is 29.5 Å². The number of carbonyl (C=O) groups excluding carboxylic acids is 1. The third kappa shape index (κ3) is 3.58. The first-order valence-corrected chi connectivity index (χ1v) is 6.33. The van der Waals surface area contributed by atoms with Gasteiger partial charge >= 0.3 is 0 Å². The van der Waals surface area contributed by atoms with Crippen LogP contribution in [0.3, 0.4) is 0 Å². The van der Waals surface area contributed by atoms with Gasteiger partial charge in [0.25, 0.3) is 0 Å². The maximum Gasteiger partial charge on any atom is 0.179 e. The van der Waals surface area contributed by atoms with Crippen molar-refractivity contribution in [3.8, 4) is 0 Å². The van der Waals surface area contributed by atoms with Gasteiger partial charge in [0.05, 0.1) is 18.2 Å². The van der Waals surface area contributed by atoms with Gasteiger partial charge in [-0.3, -0.25) is 9.69 Å². The summed E-state index contributed by atoms with van der Waals surface area (Å²) in [7, 11) is 1.65. The van der Waals surface area contributed by atoms with Crippen molar-refractivity contribution in [2.45, 2.75) is 18.9 Å². The number of methoxy groups -OCH3 is 1. The van der Waals surface area contributed by atoms with E-state index in [4.69, 9.17) is 4.74 Å². The van der Waals surface area contributed by atoms with Crippen LogP contribution in [0.4, 0.5) is 8.78 Å². The van der Waals surface area contributed by atoms with E-state index < -0.39 is 11.6 Å². The maximum atomic E-state index is 13.5. The average Bonchev–Trinajstić information content (AvgIpc) is 2.38. The maximum absolute atomic E-state index is 13.5. The molecule has 1 unspecified atom stereocenters. The molecule has 1 aliphatic rings. The number of rotatable bonds is 4. The highest BCUT2D eigenvalue weighted by atomic mass is 19.1. The first kappa shape index (κ1) is 14.1. The molecule has 0 radical (unpaired) electrons. The summed E-state index contributed by atoms with van der Waals surface area (Å²) in [6.45, 7) is 1.61. The van der Waals surface area contributed by atoms with Crippen molar-refractivity contribution in [3.63, 3.8) is 0 Å². The summed E-state index contributed by atoms with van der Waals surface area (Å²) in [4.78, 5) is 13.9. The lowest BCUT2D eigenvalue weighted by Crippen LogP contribution is -2.42. The molecular weight excluding hydrogens is 252 g/mol. The van der Waals surface area contributed by atoms with Crippen molar-refractivity contribution in [2.24, 2.45) is 0 Å². The quantitative estimate of drug-likeness (QED) is 0.785. The number of halogens is 2. The minimum Gasteiger partial charge on any atom is -0.380 e. The van der Waals surface area contributed by atoms with E-state index in [0.717, 1.165) is 31.5 Å². The molecule has 19 heavy (non-hydrogen) atoms. The van der Waals surface area contributed by atoms with Crippen LogP contribution in [0.25, 0.3) is 0 Å². The molecule has 1 fully saturated rings. The average molecular weight is 269 g/mol. The van der Waals surface area contributed by atoms with E-state index in [0.29, 0.717) is 6.54 Å². The Kier molecular flexibility index (Phi) is 4.61. The van der Waals surface area contributed by atoms with Gasteiger partial charge in [0.2, 0.25) is 0 Å². The van der Waals surface area contributed by atoms with Crippen molar-refractivity contribution in [1.82, 2.24) is 4.90 Å². The summed E-state index contributed by atoms with van der Waals surface area (Å²) in [6, 6.07) is 3.04. The Bertz CT molecular complexity index is 465. The van der Waals surface area contributed by atoms with E-state index in [1.54, 1.807) is 7.11 Å². The highest BCUT2D eigenvalue weighted by molar-refractivity contribution is 5.97. The third-order valence-corrected chi connectivity index (χ3v) is 3.39. The fourth-order valence-electron chi connectivity index (χ4n) is 2.35. The van der Waals surface area contributed by atoms with Crippen LogP contribution < -0.4 is 0 Å². The normalized spacial score (nSPS) is 20.5. The predicted molar refractivity (Wildman–Crippen MR) is 67.2 cm³/mol. The van der Waals surface area contributed by atoms with Crippen LogP contribution in [-0.4, -0.2) is 43.5 Å². The van der Waals surface area contributed by atoms with Gasteiger partial charge in [-0.25, -0.2) is 8.78 Å². The van der Waals surface area contributed by atoms with Crippen molar-refractivity contribution in [1.29, 1.82) is 0 Å². The summed E-state index contributed by atoms with van der Waals surface area (Å²) in [5.74, 6) is -1.80. The first-order valence-electron chi connectivity index (χ1n) is 6.33. The largest absolute Gasteiger partial charge is 0.380 e. The second kappa shape index (κ2) is 6.21. The summed E-state index contributed by atoms with van der Waals surface area (Å²) >= 11 is 0. The SMILES string of the molecule is COC1CCCN(CC(=O)c2ccc(F)cc2F)C1. The lowest BCUT2D eigenvalue weighted by molar-refractivity contribution is 0.0313. The Labute approximate surface area is 111 Å². The van der Waals surface area contributed by atoms with E-state index in [9.17, 15) is 13.6 Å². The minimum atomic E-state index is -0.801. The standard InChI is InChI=1S/C14H17F2NO2/c1-19-11-3-2-6-17(8-11)9-14(18)12-5-4-10(15)7-13(12)16/h4-5,7,11H,2-3,6,8-9H2,1H3. The summed E-state index contributed by atoms with van der Waals surface area (Å²) in [5.41, 5.74) is -0.0547. The van der Waals surface area contributed by atoms with Crippen LogP contribution in [0, 0.1) is 11.6 Å². The van der Waals surface area contributed by atoms with Gasteiger partial charge in [-0.1, -0.05) is 0 Å². The van der Waals surface area contributed by atoms with E-state index in [2.05, 4.69) is 0 Å². The highest BCUT2D eigenvalue weighted by Gasteiger charge is 2.22. The number of piperidine rings is 1. The molecule has 104 valence electrons. The van der Waals surface area contributed by atoms with E-state index >= 15 is 0 Å². The van der Waals surface area contributed by atoms with Crippen LogP contribution in [0.5, 0.6) is 0 Å². The Balaban J connectivity index is 2.00. The molecule has 1 aromatic rings. The van der Waals surface area contributed by atoms with Crippen LogP contribution >= 0.6 is 0 Å². The molecule has 1 aromatic carbocycles. The van der Waals surface area contributed by atoms with Gasteiger partial charge in [-0.15, -0.1) is 0 Å². The molecule has 0 N–H and O–H groups in total. The Morgan fingerprint density at radius 1 is 1.47 bits per heavy atom. The van der Waals surface area contributed by atoms with Crippen molar-refractivity contribution < 1.29 is 18.3 Å². The van der Waals surface area contributed by atoms with Crippen molar-refractivity contribution >= 4 is 5.78 Å². The Morgan fingerprint density at radius 3 is 2.95 bits per heavy atom. The van der Waals surface area contributed by atoms with E-state index in [1.165, 1.54) is 6.07 Å². The Hall–Kier alpha value is -1.33. The molecule has 0 amide bonds. The number of hydrogen-bond acceptors (Lipinski definition) is 3.